The summed E-state index contributed by atoms with van der Waals surface area (Å²) >= 11 is 0. The number of rotatable bonds is 7. The summed E-state index contributed by atoms with van der Waals surface area (Å²) < 4.78 is 10.9. The third-order valence-corrected chi connectivity index (χ3v) is 5.85. The molecule has 0 unspecified atom stereocenters. The molecule has 29 heavy (non-hydrogen) atoms. The predicted octanol–water partition coefficient (Wildman–Crippen LogP) is 0.323. The summed E-state index contributed by atoms with van der Waals surface area (Å²) in [5, 5.41) is 3.02. The van der Waals surface area contributed by atoms with Crippen LogP contribution in [0.2, 0.25) is 0 Å². The van der Waals surface area contributed by atoms with Crippen LogP contribution in [-0.4, -0.2) is 52.3 Å². The van der Waals surface area contributed by atoms with Crippen molar-refractivity contribution in [2.75, 3.05) is 45.7 Å². The number of carbonyl (C=O) groups is 1. The van der Waals surface area contributed by atoms with Crippen molar-refractivity contribution in [3.05, 3.63) is 53.6 Å². The van der Waals surface area contributed by atoms with E-state index in [0.717, 1.165) is 44.2 Å². The number of aryl methyl sites for hydroxylation is 1. The van der Waals surface area contributed by atoms with E-state index in [4.69, 9.17) is 9.47 Å². The molecule has 1 amide bonds. The molecule has 156 valence electrons. The lowest BCUT2D eigenvalue weighted by Gasteiger charge is -2.33. The highest BCUT2D eigenvalue weighted by Gasteiger charge is 2.31. The van der Waals surface area contributed by atoms with Crippen LogP contribution in [0.4, 0.5) is 5.69 Å². The van der Waals surface area contributed by atoms with Crippen LogP contribution in [0.3, 0.4) is 0 Å². The standard InChI is InChI=1S/C23H31N3O3/c1-17-9-10-21(28-3)19(15-17)16-25-11-13-26(14-12-25)18(2)23(27)24-20-7-5-6-8-22(20)29-4/h5-10,15,18H,11-14,16H2,1-4H3,(H,24,27)/p+2/t18-/m0/s1. The van der Waals surface area contributed by atoms with Crippen molar-refractivity contribution in [1.82, 2.24) is 0 Å². The van der Waals surface area contributed by atoms with Crippen molar-refractivity contribution in [1.29, 1.82) is 0 Å². The smallest absolute Gasteiger partial charge is 0.282 e. The molecule has 1 aliphatic rings. The molecule has 0 spiro atoms. The quantitative estimate of drug-likeness (QED) is 0.629. The normalized spacial score (nSPS) is 20.0. The molecule has 3 N–H and O–H groups in total. The van der Waals surface area contributed by atoms with Crippen molar-refractivity contribution in [3.63, 3.8) is 0 Å². The molecule has 0 aromatic heterocycles. The molecule has 1 fully saturated rings. The Morgan fingerprint density at radius 3 is 2.41 bits per heavy atom. The summed E-state index contributed by atoms with van der Waals surface area (Å²) in [5.41, 5.74) is 3.24. The molecule has 1 heterocycles. The zero-order valence-corrected chi connectivity index (χ0v) is 17.9. The van der Waals surface area contributed by atoms with Gasteiger partial charge in [0.25, 0.3) is 5.91 Å². The van der Waals surface area contributed by atoms with E-state index in [1.54, 1.807) is 14.2 Å². The number of nitrogens with one attached hydrogen (secondary N) is 3. The van der Waals surface area contributed by atoms with Crippen molar-refractivity contribution in [2.24, 2.45) is 0 Å². The summed E-state index contributed by atoms with van der Waals surface area (Å²) in [6.45, 7) is 9.11. The number of carbonyl (C=O) groups excluding carboxylic acids is 1. The first-order valence-corrected chi connectivity index (χ1v) is 10.3. The fraction of sp³-hybridized carbons (Fsp3) is 0.435. The van der Waals surface area contributed by atoms with Gasteiger partial charge in [-0.05, 0) is 38.1 Å². The number of piperazine rings is 1. The third kappa shape index (κ3) is 5.28. The zero-order valence-electron chi connectivity index (χ0n) is 17.9. The Hall–Kier alpha value is -2.57. The largest absolute Gasteiger partial charge is 0.496 e. The first-order chi connectivity index (χ1) is 14.0. The Morgan fingerprint density at radius 2 is 1.72 bits per heavy atom. The van der Waals surface area contributed by atoms with Crippen molar-refractivity contribution >= 4 is 11.6 Å². The van der Waals surface area contributed by atoms with Crippen LogP contribution in [0.1, 0.15) is 18.1 Å². The molecule has 6 nitrogen and oxygen atoms in total. The molecule has 0 saturated carbocycles. The highest BCUT2D eigenvalue weighted by molar-refractivity contribution is 5.94. The average Bonchev–Trinajstić information content (AvgIpc) is 2.74. The number of quaternary nitrogens is 2. The molecular formula is C23H33N3O3+2. The van der Waals surface area contributed by atoms with E-state index in [2.05, 4.69) is 30.4 Å². The number of para-hydroxylation sites is 2. The second-order valence-electron chi connectivity index (χ2n) is 7.81. The lowest BCUT2D eigenvalue weighted by molar-refractivity contribution is -1.02. The van der Waals surface area contributed by atoms with Crippen molar-refractivity contribution < 1.29 is 24.1 Å². The Morgan fingerprint density at radius 1 is 1.03 bits per heavy atom. The maximum atomic E-state index is 12.8. The molecule has 0 aliphatic carbocycles. The first-order valence-electron chi connectivity index (χ1n) is 10.3. The molecule has 2 aromatic carbocycles. The summed E-state index contributed by atoms with van der Waals surface area (Å²) in [6.07, 6.45) is 0. The van der Waals surface area contributed by atoms with E-state index in [0.29, 0.717) is 5.75 Å². The number of hydrogen-bond acceptors (Lipinski definition) is 3. The van der Waals surface area contributed by atoms with E-state index in [9.17, 15) is 4.79 Å². The van der Waals surface area contributed by atoms with Crippen LogP contribution in [0.5, 0.6) is 11.5 Å². The summed E-state index contributed by atoms with van der Waals surface area (Å²) in [5.74, 6) is 1.68. The molecular weight excluding hydrogens is 366 g/mol. The average molecular weight is 400 g/mol. The molecule has 3 rings (SSSR count). The van der Waals surface area contributed by atoms with E-state index in [1.165, 1.54) is 20.9 Å². The number of hydrogen-bond donors (Lipinski definition) is 3. The van der Waals surface area contributed by atoms with Gasteiger partial charge in [-0.15, -0.1) is 0 Å². The van der Waals surface area contributed by atoms with Gasteiger partial charge in [0.2, 0.25) is 0 Å². The van der Waals surface area contributed by atoms with E-state index in [-0.39, 0.29) is 11.9 Å². The van der Waals surface area contributed by atoms with Gasteiger partial charge in [-0.3, -0.25) is 4.79 Å². The maximum absolute atomic E-state index is 12.8. The Bertz CT molecular complexity index is 832. The molecule has 1 saturated heterocycles. The fourth-order valence-corrected chi connectivity index (χ4v) is 4.02. The Balaban J connectivity index is 1.55. The summed E-state index contributed by atoms with van der Waals surface area (Å²) in [4.78, 5) is 15.6. The summed E-state index contributed by atoms with van der Waals surface area (Å²) in [7, 11) is 3.35. The Labute approximate surface area is 173 Å². The van der Waals surface area contributed by atoms with Crippen LogP contribution in [-0.2, 0) is 11.3 Å². The number of benzene rings is 2. The van der Waals surface area contributed by atoms with Crippen LogP contribution >= 0.6 is 0 Å². The first kappa shape index (κ1) is 21.1. The lowest BCUT2D eigenvalue weighted by Crippen LogP contribution is -3.29. The third-order valence-electron chi connectivity index (χ3n) is 5.85. The van der Waals surface area contributed by atoms with E-state index in [1.807, 2.05) is 31.2 Å². The second kappa shape index (κ2) is 9.76. The number of amides is 1. The van der Waals surface area contributed by atoms with Crippen LogP contribution in [0.25, 0.3) is 0 Å². The predicted molar refractivity (Wildman–Crippen MR) is 114 cm³/mol. The van der Waals surface area contributed by atoms with Gasteiger partial charge in [-0.2, -0.15) is 0 Å². The van der Waals surface area contributed by atoms with Gasteiger partial charge in [-0.25, -0.2) is 0 Å². The van der Waals surface area contributed by atoms with Gasteiger partial charge in [0.15, 0.2) is 6.04 Å². The van der Waals surface area contributed by atoms with E-state index < -0.39 is 0 Å². The van der Waals surface area contributed by atoms with Crippen molar-refractivity contribution in [3.8, 4) is 11.5 Å². The molecule has 6 heteroatoms. The number of methoxy groups -OCH3 is 2. The minimum atomic E-state index is -0.102. The minimum Gasteiger partial charge on any atom is -0.496 e. The van der Waals surface area contributed by atoms with Crippen molar-refractivity contribution in [2.45, 2.75) is 26.4 Å². The second-order valence-corrected chi connectivity index (χ2v) is 7.81. The highest BCUT2D eigenvalue weighted by Crippen LogP contribution is 2.23. The molecule has 1 aliphatic heterocycles. The molecule has 0 bridgehead atoms. The fourth-order valence-electron chi connectivity index (χ4n) is 4.02. The topological polar surface area (TPSA) is 56.4 Å². The van der Waals surface area contributed by atoms with Gasteiger partial charge in [0.1, 0.15) is 44.2 Å². The Kier molecular flexibility index (Phi) is 7.12. The molecule has 0 radical (unpaired) electrons. The van der Waals surface area contributed by atoms with Crippen LogP contribution in [0.15, 0.2) is 42.5 Å². The van der Waals surface area contributed by atoms with Gasteiger partial charge < -0.3 is 24.6 Å². The molecule has 2 aromatic rings. The van der Waals surface area contributed by atoms with Crippen LogP contribution in [0, 0.1) is 6.92 Å². The van der Waals surface area contributed by atoms with Gasteiger partial charge in [0, 0.05) is 5.56 Å². The zero-order chi connectivity index (χ0) is 20.8. The monoisotopic (exact) mass is 399 g/mol. The summed E-state index contributed by atoms with van der Waals surface area (Å²) in [6, 6.07) is 13.8. The minimum absolute atomic E-state index is 0.0355. The molecule has 1 atom stereocenters. The maximum Gasteiger partial charge on any atom is 0.282 e. The van der Waals surface area contributed by atoms with Gasteiger partial charge >= 0.3 is 0 Å². The SMILES string of the molecule is COc1ccc(C)cc1C[NH+]1CC[NH+]([C@@H](C)C(=O)Nc2ccccc2OC)CC1. The van der Waals surface area contributed by atoms with Gasteiger partial charge in [0.05, 0.1) is 19.9 Å². The highest BCUT2D eigenvalue weighted by atomic mass is 16.5. The lowest BCUT2D eigenvalue weighted by atomic mass is 10.1. The van der Waals surface area contributed by atoms with Crippen LogP contribution < -0.4 is 24.6 Å². The number of ether oxygens (including phenoxy) is 2. The number of anilines is 1. The van der Waals surface area contributed by atoms with E-state index >= 15 is 0 Å². The van der Waals surface area contributed by atoms with Gasteiger partial charge in [-0.1, -0.05) is 23.8 Å².